The Labute approximate surface area is 157 Å². The molecular weight excluding hydrogens is 403 g/mol. The Bertz CT molecular complexity index is 414. The van der Waals surface area contributed by atoms with Crippen molar-refractivity contribution < 1.29 is 4.74 Å². The number of aromatic nitrogens is 1. The van der Waals surface area contributed by atoms with Gasteiger partial charge in [-0.25, -0.2) is 4.99 Å². The number of hydrogen-bond acceptors (Lipinski definition) is 3. The van der Waals surface area contributed by atoms with Crippen LogP contribution in [-0.2, 0) is 0 Å². The van der Waals surface area contributed by atoms with Crippen LogP contribution in [0.3, 0.4) is 0 Å². The topological polar surface area (TPSA) is 58.5 Å². The van der Waals surface area contributed by atoms with Crippen molar-refractivity contribution in [2.75, 3.05) is 19.7 Å². The summed E-state index contributed by atoms with van der Waals surface area (Å²) < 4.78 is 5.59. The number of halogens is 1. The molecule has 1 aromatic heterocycles. The number of aliphatic imine (C=N–C) groups is 1. The van der Waals surface area contributed by atoms with E-state index in [0.717, 1.165) is 18.3 Å². The Morgan fingerprint density at radius 2 is 2.17 bits per heavy atom. The van der Waals surface area contributed by atoms with Crippen LogP contribution in [0.15, 0.2) is 29.5 Å². The zero-order valence-electron chi connectivity index (χ0n) is 14.5. The lowest BCUT2D eigenvalue weighted by molar-refractivity contribution is 0.327. The van der Waals surface area contributed by atoms with Crippen LogP contribution in [-0.4, -0.2) is 36.7 Å². The van der Waals surface area contributed by atoms with Gasteiger partial charge in [0.05, 0.1) is 12.7 Å². The first kappa shape index (κ1) is 21.9. The fraction of sp³-hybridized carbons (Fsp3) is 0.647. The zero-order chi connectivity index (χ0) is 16.0. The maximum absolute atomic E-state index is 5.59. The molecule has 0 radical (unpaired) electrons. The van der Waals surface area contributed by atoms with Gasteiger partial charge in [-0.1, -0.05) is 26.2 Å². The van der Waals surface area contributed by atoms with Gasteiger partial charge in [-0.05, 0) is 32.4 Å². The molecule has 0 aliphatic carbocycles. The van der Waals surface area contributed by atoms with Crippen LogP contribution in [0.25, 0.3) is 0 Å². The predicted molar refractivity (Wildman–Crippen MR) is 108 cm³/mol. The molecule has 0 aliphatic heterocycles. The Hall–Kier alpha value is -1.05. The van der Waals surface area contributed by atoms with Crippen LogP contribution in [0.5, 0.6) is 5.75 Å². The van der Waals surface area contributed by atoms with Crippen LogP contribution in [0.4, 0.5) is 0 Å². The first-order valence-corrected chi connectivity index (χ1v) is 8.34. The molecule has 0 amide bonds. The molecule has 1 aromatic rings. The lowest BCUT2D eigenvalue weighted by Gasteiger charge is -2.17. The van der Waals surface area contributed by atoms with E-state index in [1.165, 1.54) is 25.7 Å². The fourth-order valence-corrected chi connectivity index (χ4v) is 2.08. The molecule has 23 heavy (non-hydrogen) atoms. The number of nitrogens with zero attached hydrogens (tertiary/aromatic N) is 2. The summed E-state index contributed by atoms with van der Waals surface area (Å²) in [6.07, 6.45) is 8.42. The highest BCUT2D eigenvalue weighted by atomic mass is 127. The van der Waals surface area contributed by atoms with Crippen molar-refractivity contribution in [3.63, 3.8) is 0 Å². The molecule has 0 fully saturated rings. The van der Waals surface area contributed by atoms with Crippen molar-refractivity contribution >= 4 is 29.9 Å². The molecule has 2 N–H and O–H groups in total. The average molecular weight is 434 g/mol. The summed E-state index contributed by atoms with van der Waals surface area (Å²) in [7, 11) is 0. The van der Waals surface area contributed by atoms with Crippen molar-refractivity contribution in [3.05, 3.63) is 24.5 Å². The monoisotopic (exact) mass is 434 g/mol. The highest BCUT2D eigenvalue weighted by molar-refractivity contribution is 14.0. The van der Waals surface area contributed by atoms with Gasteiger partial charge in [0.1, 0.15) is 12.4 Å². The van der Waals surface area contributed by atoms with E-state index in [1.54, 1.807) is 12.4 Å². The standard InChI is InChI=1S/C17H30N4O.HI/c1-4-6-7-9-15(3)21-17(19-5-2)20-12-13-22-16-10-8-11-18-14-16;/h8,10-11,14-15H,4-7,9,12-13H2,1-3H3,(H2,19,20,21);1H. The van der Waals surface area contributed by atoms with E-state index >= 15 is 0 Å². The van der Waals surface area contributed by atoms with E-state index in [2.05, 4.69) is 41.4 Å². The van der Waals surface area contributed by atoms with E-state index in [1.807, 2.05) is 12.1 Å². The van der Waals surface area contributed by atoms with Crippen molar-refractivity contribution in [3.8, 4) is 5.75 Å². The third-order valence-corrected chi connectivity index (χ3v) is 3.23. The van der Waals surface area contributed by atoms with Gasteiger partial charge in [-0.15, -0.1) is 24.0 Å². The Morgan fingerprint density at radius 1 is 1.35 bits per heavy atom. The molecule has 0 spiro atoms. The lowest BCUT2D eigenvalue weighted by Crippen LogP contribution is -2.42. The van der Waals surface area contributed by atoms with E-state index in [9.17, 15) is 0 Å². The predicted octanol–water partition coefficient (Wildman–Crippen LogP) is 3.60. The van der Waals surface area contributed by atoms with E-state index in [4.69, 9.17) is 4.74 Å². The molecule has 0 saturated carbocycles. The number of unbranched alkanes of at least 4 members (excludes halogenated alkanes) is 2. The number of hydrogen-bond donors (Lipinski definition) is 2. The Kier molecular flexibility index (Phi) is 13.9. The molecule has 1 unspecified atom stereocenters. The molecule has 1 atom stereocenters. The van der Waals surface area contributed by atoms with Crippen molar-refractivity contribution in [2.24, 2.45) is 4.99 Å². The third-order valence-electron chi connectivity index (χ3n) is 3.23. The van der Waals surface area contributed by atoms with Gasteiger partial charge in [-0.3, -0.25) is 4.98 Å². The molecule has 5 nitrogen and oxygen atoms in total. The molecule has 132 valence electrons. The first-order valence-electron chi connectivity index (χ1n) is 8.34. The summed E-state index contributed by atoms with van der Waals surface area (Å²) in [4.78, 5) is 8.56. The average Bonchev–Trinajstić information content (AvgIpc) is 2.53. The van der Waals surface area contributed by atoms with E-state index in [-0.39, 0.29) is 24.0 Å². The fourth-order valence-electron chi connectivity index (χ4n) is 2.08. The minimum atomic E-state index is 0. The Morgan fingerprint density at radius 3 is 2.83 bits per heavy atom. The van der Waals surface area contributed by atoms with E-state index < -0.39 is 0 Å². The second-order valence-electron chi connectivity index (χ2n) is 5.34. The van der Waals surface area contributed by atoms with Crippen LogP contribution < -0.4 is 15.4 Å². The van der Waals surface area contributed by atoms with Gasteiger partial charge in [0.15, 0.2) is 5.96 Å². The van der Waals surface area contributed by atoms with Gasteiger partial charge < -0.3 is 15.4 Å². The summed E-state index contributed by atoms with van der Waals surface area (Å²) in [5, 5.41) is 6.72. The van der Waals surface area contributed by atoms with Crippen molar-refractivity contribution in [1.29, 1.82) is 0 Å². The van der Waals surface area contributed by atoms with Crippen molar-refractivity contribution in [2.45, 2.75) is 52.5 Å². The highest BCUT2D eigenvalue weighted by Crippen LogP contribution is 2.05. The number of nitrogens with one attached hydrogen (secondary N) is 2. The van der Waals surface area contributed by atoms with Crippen molar-refractivity contribution in [1.82, 2.24) is 15.6 Å². The van der Waals surface area contributed by atoms with Gasteiger partial charge in [0, 0.05) is 18.8 Å². The molecule has 0 aliphatic rings. The van der Waals surface area contributed by atoms with Gasteiger partial charge in [0.25, 0.3) is 0 Å². The van der Waals surface area contributed by atoms with Crippen LogP contribution in [0.2, 0.25) is 0 Å². The first-order chi connectivity index (χ1) is 10.8. The number of rotatable bonds is 10. The number of pyridine rings is 1. The summed E-state index contributed by atoms with van der Waals surface area (Å²) in [6, 6.07) is 4.20. The summed E-state index contributed by atoms with van der Waals surface area (Å²) in [5.41, 5.74) is 0. The van der Waals surface area contributed by atoms with Crippen LogP contribution >= 0.6 is 24.0 Å². The zero-order valence-corrected chi connectivity index (χ0v) is 16.9. The second-order valence-corrected chi connectivity index (χ2v) is 5.34. The van der Waals surface area contributed by atoms with Crippen LogP contribution in [0.1, 0.15) is 46.5 Å². The summed E-state index contributed by atoms with van der Waals surface area (Å²) in [6.45, 7) is 8.53. The minimum absolute atomic E-state index is 0. The highest BCUT2D eigenvalue weighted by Gasteiger charge is 2.04. The Balaban J connectivity index is 0.00000484. The normalized spacial score (nSPS) is 12.2. The molecule has 1 rings (SSSR count). The SMILES string of the molecule is CCCCCC(C)NC(=NCCOc1cccnc1)NCC.I. The molecule has 0 bridgehead atoms. The molecule has 0 aromatic carbocycles. The van der Waals surface area contributed by atoms with Gasteiger partial charge in [-0.2, -0.15) is 0 Å². The maximum Gasteiger partial charge on any atom is 0.191 e. The molecule has 1 heterocycles. The summed E-state index contributed by atoms with van der Waals surface area (Å²) >= 11 is 0. The van der Waals surface area contributed by atoms with Crippen LogP contribution in [0, 0.1) is 0 Å². The smallest absolute Gasteiger partial charge is 0.191 e. The minimum Gasteiger partial charge on any atom is -0.490 e. The van der Waals surface area contributed by atoms with E-state index in [0.29, 0.717) is 19.2 Å². The number of ether oxygens (including phenoxy) is 1. The maximum atomic E-state index is 5.59. The largest absolute Gasteiger partial charge is 0.490 e. The number of guanidine groups is 1. The quantitative estimate of drug-likeness (QED) is 0.256. The van der Waals surface area contributed by atoms with Gasteiger partial charge in [0.2, 0.25) is 0 Å². The van der Waals surface area contributed by atoms with Gasteiger partial charge >= 0.3 is 0 Å². The summed E-state index contributed by atoms with van der Waals surface area (Å²) in [5.74, 6) is 1.64. The second kappa shape index (κ2) is 14.5. The molecular formula is C17H31IN4O. The lowest BCUT2D eigenvalue weighted by atomic mass is 10.1. The molecule has 6 heteroatoms. The third kappa shape index (κ3) is 11.2. The molecule has 0 saturated heterocycles.